The molecular weight excluding hydrogens is 925 g/mol. The van der Waals surface area contributed by atoms with Gasteiger partial charge in [0.1, 0.15) is 13.2 Å². The second-order valence-electron chi connectivity index (χ2n) is 19.5. The average molecular weight is 1040 g/mol. The smallest absolute Gasteiger partial charge is 0.306 e. The van der Waals surface area contributed by atoms with Crippen LogP contribution in [-0.4, -0.2) is 37.2 Å². The molecule has 0 aromatic carbocycles. The van der Waals surface area contributed by atoms with Crippen LogP contribution in [0, 0.1) is 0 Å². The van der Waals surface area contributed by atoms with E-state index in [1.165, 1.54) is 51.4 Å². The molecule has 0 fully saturated rings. The van der Waals surface area contributed by atoms with E-state index in [0.717, 1.165) is 161 Å². The normalized spacial score (nSPS) is 13.2. The topological polar surface area (TPSA) is 78.9 Å². The molecule has 6 nitrogen and oxygen atoms in total. The van der Waals surface area contributed by atoms with E-state index in [4.69, 9.17) is 14.2 Å². The lowest BCUT2D eigenvalue weighted by atomic mass is 10.1. The van der Waals surface area contributed by atoms with Gasteiger partial charge in [0, 0.05) is 19.3 Å². The van der Waals surface area contributed by atoms with Crippen molar-refractivity contribution in [1.29, 1.82) is 0 Å². The monoisotopic (exact) mass is 1030 g/mol. The molecule has 0 spiro atoms. The van der Waals surface area contributed by atoms with Gasteiger partial charge in [-0.2, -0.15) is 0 Å². The van der Waals surface area contributed by atoms with E-state index in [2.05, 4.69) is 167 Å². The van der Waals surface area contributed by atoms with Crippen molar-refractivity contribution in [3.63, 3.8) is 0 Å². The Morgan fingerprint density at radius 1 is 0.280 bits per heavy atom. The van der Waals surface area contributed by atoms with Crippen molar-refractivity contribution in [2.75, 3.05) is 13.2 Å². The van der Waals surface area contributed by atoms with Gasteiger partial charge in [-0.3, -0.25) is 14.4 Å². The number of unbranched alkanes of at least 4 members (excludes halogenated alkanes) is 18. The lowest BCUT2D eigenvalue weighted by Crippen LogP contribution is -2.30. The number of ether oxygens (including phenoxy) is 3. The van der Waals surface area contributed by atoms with Gasteiger partial charge in [-0.15, -0.1) is 0 Å². The van der Waals surface area contributed by atoms with E-state index in [-0.39, 0.29) is 31.1 Å². The molecule has 0 rings (SSSR count). The van der Waals surface area contributed by atoms with Crippen LogP contribution in [0.2, 0.25) is 0 Å². The molecule has 0 aliphatic rings. The molecule has 0 saturated carbocycles. The van der Waals surface area contributed by atoms with Crippen molar-refractivity contribution in [3.8, 4) is 0 Å². The predicted octanol–water partition coefficient (Wildman–Crippen LogP) is 20.8. The summed E-state index contributed by atoms with van der Waals surface area (Å²) in [4.78, 5) is 38.2. The van der Waals surface area contributed by atoms with Crippen LogP contribution in [0.5, 0.6) is 0 Å². The van der Waals surface area contributed by atoms with Gasteiger partial charge in [0.05, 0.1) is 0 Å². The zero-order chi connectivity index (χ0) is 54.3. The zero-order valence-corrected chi connectivity index (χ0v) is 48.3. The highest BCUT2D eigenvalue weighted by molar-refractivity contribution is 5.71. The minimum Gasteiger partial charge on any atom is -0.462 e. The minimum atomic E-state index is -0.808. The first kappa shape index (κ1) is 70.3. The quantitative estimate of drug-likeness (QED) is 0.0261. The average Bonchev–Trinajstić information content (AvgIpc) is 3.41. The van der Waals surface area contributed by atoms with Gasteiger partial charge in [0.2, 0.25) is 0 Å². The number of esters is 3. The second-order valence-corrected chi connectivity index (χ2v) is 19.5. The van der Waals surface area contributed by atoms with Crippen molar-refractivity contribution in [2.24, 2.45) is 0 Å². The Bertz CT molecular complexity index is 1660. The van der Waals surface area contributed by atoms with E-state index in [1.54, 1.807) is 0 Å². The SMILES string of the molecule is CC/C=C\C/C=C\C/C=C\C/C=C\C/C=C\C/C=C\C/C=C\CCCCCC(=O)OCC(COC(=O)CCCCCCCCCCCCC)OC(=O)CCCCCCC/C=C\C/C=C\C/C=C\C/C=C\C/C=C\CC. The van der Waals surface area contributed by atoms with Crippen molar-refractivity contribution >= 4 is 17.9 Å². The Morgan fingerprint density at radius 3 is 0.827 bits per heavy atom. The molecule has 1 unspecified atom stereocenters. The first-order valence-electron chi connectivity index (χ1n) is 30.3. The summed E-state index contributed by atoms with van der Waals surface area (Å²) >= 11 is 0. The third-order valence-corrected chi connectivity index (χ3v) is 12.3. The fourth-order valence-corrected chi connectivity index (χ4v) is 7.86. The summed E-state index contributed by atoms with van der Waals surface area (Å²) in [6.07, 6.45) is 88.4. The maximum Gasteiger partial charge on any atom is 0.306 e. The molecule has 0 aromatic heterocycles. The summed E-state index contributed by atoms with van der Waals surface area (Å²) in [6, 6.07) is 0. The summed E-state index contributed by atoms with van der Waals surface area (Å²) in [5.41, 5.74) is 0. The zero-order valence-electron chi connectivity index (χ0n) is 48.3. The van der Waals surface area contributed by atoms with E-state index in [9.17, 15) is 14.4 Å². The molecule has 0 aliphatic heterocycles. The van der Waals surface area contributed by atoms with E-state index in [0.29, 0.717) is 19.3 Å². The molecule has 0 aromatic rings. The van der Waals surface area contributed by atoms with Gasteiger partial charge in [-0.05, 0) is 122 Å². The molecule has 0 radical (unpaired) electrons. The lowest BCUT2D eigenvalue weighted by Gasteiger charge is -2.18. The first-order valence-corrected chi connectivity index (χ1v) is 30.3. The summed E-state index contributed by atoms with van der Waals surface area (Å²) < 4.78 is 16.8. The van der Waals surface area contributed by atoms with Crippen molar-refractivity contribution in [1.82, 2.24) is 0 Å². The van der Waals surface area contributed by atoms with Gasteiger partial charge in [-0.1, -0.05) is 256 Å². The van der Waals surface area contributed by atoms with Gasteiger partial charge in [0.25, 0.3) is 0 Å². The molecule has 0 N–H and O–H groups in total. The molecule has 422 valence electrons. The fourth-order valence-electron chi connectivity index (χ4n) is 7.86. The highest BCUT2D eigenvalue weighted by Gasteiger charge is 2.19. The Balaban J connectivity index is 4.45. The van der Waals surface area contributed by atoms with Crippen LogP contribution in [0.15, 0.2) is 146 Å². The number of rotatable bonds is 53. The maximum atomic E-state index is 12.9. The molecule has 0 bridgehead atoms. The fraction of sp³-hybridized carbons (Fsp3) is 0.609. The number of hydrogen-bond donors (Lipinski definition) is 0. The third kappa shape index (κ3) is 60.0. The Labute approximate surface area is 461 Å². The highest BCUT2D eigenvalue weighted by atomic mass is 16.6. The Morgan fingerprint density at radius 2 is 0.520 bits per heavy atom. The molecular formula is C69H110O6. The first-order chi connectivity index (χ1) is 37.0. The van der Waals surface area contributed by atoms with Crippen LogP contribution in [0.4, 0.5) is 0 Å². The molecule has 0 aliphatic carbocycles. The Kier molecular flexibility index (Phi) is 58.0. The van der Waals surface area contributed by atoms with Crippen molar-refractivity contribution in [3.05, 3.63) is 146 Å². The standard InChI is InChI=1S/C69H110O6/c1-4-7-10-13-16-19-22-24-26-28-30-32-33-34-35-37-38-40-42-44-47-50-53-56-59-62-68(71)74-65-66(64-73-67(70)61-58-55-52-49-46-21-18-15-12-9-6-3)75-69(72)63-60-57-54-51-48-45-43-41-39-36-31-29-27-25-23-20-17-14-11-8-5-2/h7-8,10-11,16-17,19-20,24-27,30-32,34-36,38,40-41,43-44,47,66H,4-6,9,12-15,18,21-23,28-29,33,37,39,42,45-46,48-65H2,1-3H3/b10-7-,11-8-,19-16-,20-17-,26-24-,27-25-,32-30-,35-34-,36-31-,40-38-,43-41-,47-44-. The summed E-state index contributed by atoms with van der Waals surface area (Å²) in [6.45, 7) is 6.36. The summed E-state index contributed by atoms with van der Waals surface area (Å²) in [7, 11) is 0. The van der Waals surface area contributed by atoms with Gasteiger partial charge in [0.15, 0.2) is 6.10 Å². The van der Waals surface area contributed by atoms with E-state index in [1.807, 2.05) is 0 Å². The molecule has 75 heavy (non-hydrogen) atoms. The van der Waals surface area contributed by atoms with Crippen LogP contribution in [0.3, 0.4) is 0 Å². The molecule has 0 heterocycles. The lowest BCUT2D eigenvalue weighted by molar-refractivity contribution is -0.167. The summed E-state index contributed by atoms with van der Waals surface area (Å²) in [5, 5.41) is 0. The third-order valence-electron chi connectivity index (χ3n) is 12.3. The second kappa shape index (κ2) is 61.8. The van der Waals surface area contributed by atoms with Gasteiger partial charge in [-0.25, -0.2) is 0 Å². The predicted molar refractivity (Wildman–Crippen MR) is 325 cm³/mol. The van der Waals surface area contributed by atoms with Crippen LogP contribution in [-0.2, 0) is 28.6 Å². The number of hydrogen-bond acceptors (Lipinski definition) is 6. The van der Waals surface area contributed by atoms with E-state index >= 15 is 0 Å². The van der Waals surface area contributed by atoms with Crippen molar-refractivity contribution < 1.29 is 28.6 Å². The van der Waals surface area contributed by atoms with Crippen LogP contribution < -0.4 is 0 Å². The molecule has 0 amide bonds. The Hall–Kier alpha value is -4.71. The van der Waals surface area contributed by atoms with E-state index < -0.39 is 6.10 Å². The van der Waals surface area contributed by atoms with Crippen molar-refractivity contribution in [2.45, 2.75) is 258 Å². The molecule has 0 saturated heterocycles. The number of carbonyl (C=O) groups excluding carboxylic acids is 3. The largest absolute Gasteiger partial charge is 0.462 e. The van der Waals surface area contributed by atoms with Crippen LogP contribution >= 0.6 is 0 Å². The summed E-state index contributed by atoms with van der Waals surface area (Å²) in [5.74, 6) is -0.958. The molecule has 6 heteroatoms. The molecule has 1 atom stereocenters. The highest BCUT2D eigenvalue weighted by Crippen LogP contribution is 2.14. The minimum absolute atomic E-state index is 0.101. The maximum absolute atomic E-state index is 12.9. The number of carbonyl (C=O) groups is 3. The van der Waals surface area contributed by atoms with Gasteiger partial charge >= 0.3 is 17.9 Å². The van der Waals surface area contributed by atoms with Crippen LogP contribution in [0.25, 0.3) is 0 Å². The van der Waals surface area contributed by atoms with Crippen LogP contribution in [0.1, 0.15) is 252 Å². The number of allylic oxidation sites excluding steroid dienone is 24. The van der Waals surface area contributed by atoms with Gasteiger partial charge < -0.3 is 14.2 Å².